The lowest BCUT2D eigenvalue weighted by Gasteiger charge is -2.22. The van der Waals surface area contributed by atoms with Crippen molar-refractivity contribution in [3.63, 3.8) is 0 Å². The molecule has 1 N–H and O–H groups in total. The van der Waals surface area contributed by atoms with E-state index >= 15 is 0 Å². The van der Waals surface area contributed by atoms with Crippen molar-refractivity contribution in [1.29, 1.82) is 0 Å². The SMILES string of the molecule is O=C(O)c1ccc2c(c1-c1ccc(OCc3c(-c4c(Cl)cccc4Cl)noc3C3CC3)cc1Cl)CCCC2. The number of hydrogen-bond donors (Lipinski definition) is 1. The lowest BCUT2D eigenvalue weighted by Crippen LogP contribution is -2.10. The van der Waals surface area contributed by atoms with Crippen LogP contribution in [-0.2, 0) is 19.4 Å². The molecule has 1 saturated carbocycles. The van der Waals surface area contributed by atoms with E-state index in [1.54, 1.807) is 30.3 Å². The third-order valence-electron chi connectivity index (χ3n) is 7.32. The van der Waals surface area contributed by atoms with E-state index in [0.29, 0.717) is 49.1 Å². The van der Waals surface area contributed by atoms with E-state index in [2.05, 4.69) is 5.16 Å². The number of carbonyl (C=O) groups is 1. The van der Waals surface area contributed by atoms with Gasteiger partial charge in [-0.3, -0.25) is 0 Å². The highest BCUT2D eigenvalue weighted by Crippen LogP contribution is 2.46. The van der Waals surface area contributed by atoms with Crippen LogP contribution in [0.4, 0.5) is 0 Å². The number of fused-ring (bicyclic) bond motifs is 1. The summed E-state index contributed by atoms with van der Waals surface area (Å²) in [4.78, 5) is 12.1. The molecule has 6 rings (SSSR count). The lowest BCUT2D eigenvalue weighted by atomic mass is 9.83. The van der Waals surface area contributed by atoms with Gasteiger partial charge in [0, 0.05) is 22.6 Å². The average molecular weight is 569 g/mol. The minimum Gasteiger partial charge on any atom is -0.489 e. The van der Waals surface area contributed by atoms with Gasteiger partial charge in [-0.15, -0.1) is 0 Å². The zero-order chi connectivity index (χ0) is 26.4. The van der Waals surface area contributed by atoms with Crippen LogP contribution in [0.5, 0.6) is 5.75 Å². The number of halogens is 3. The first-order chi connectivity index (χ1) is 18.4. The molecule has 0 radical (unpaired) electrons. The van der Waals surface area contributed by atoms with E-state index in [4.69, 9.17) is 44.1 Å². The van der Waals surface area contributed by atoms with E-state index in [1.165, 1.54) is 5.56 Å². The molecule has 0 unspecified atom stereocenters. The second kappa shape index (κ2) is 10.3. The Morgan fingerprint density at radius 2 is 1.74 bits per heavy atom. The van der Waals surface area contributed by atoms with Gasteiger partial charge in [0.2, 0.25) is 0 Å². The summed E-state index contributed by atoms with van der Waals surface area (Å²) >= 11 is 19.7. The number of ether oxygens (including phenoxy) is 1. The molecule has 38 heavy (non-hydrogen) atoms. The number of carboxylic acid groups (broad SMARTS) is 1. The third-order valence-corrected chi connectivity index (χ3v) is 8.27. The van der Waals surface area contributed by atoms with E-state index in [9.17, 15) is 9.90 Å². The number of aromatic carboxylic acids is 1. The number of rotatable bonds is 7. The molecule has 2 aliphatic rings. The molecule has 4 aromatic rings. The average Bonchev–Trinajstić information content (AvgIpc) is 3.67. The van der Waals surface area contributed by atoms with Crippen LogP contribution in [0.25, 0.3) is 22.4 Å². The van der Waals surface area contributed by atoms with Gasteiger partial charge in [0.25, 0.3) is 0 Å². The molecule has 8 heteroatoms. The van der Waals surface area contributed by atoms with Gasteiger partial charge in [0.15, 0.2) is 0 Å². The fourth-order valence-electron chi connectivity index (χ4n) is 5.31. The van der Waals surface area contributed by atoms with Crippen LogP contribution < -0.4 is 4.74 Å². The van der Waals surface area contributed by atoms with Gasteiger partial charge < -0.3 is 14.4 Å². The van der Waals surface area contributed by atoms with E-state index in [0.717, 1.165) is 55.4 Å². The van der Waals surface area contributed by atoms with Crippen molar-refractivity contribution < 1.29 is 19.2 Å². The third kappa shape index (κ3) is 4.68. The van der Waals surface area contributed by atoms with E-state index in [-0.39, 0.29) is 12.2 Å². The van der Waals surface area contributed by atoms with E-state index < -0.39 is 5.97 Å². The fraction of sp³-hybridized carbons (Fsp3) is 0.267. The zero-order valence-electron chi connectivity index (χ0n) is 20.4. The maximum Gasteiger partial charge on any atom is 0.336 e. The van der Waals surface area contributed by atoms with Crippen LogP contribution in [-0.4, -0.2) is 16.2 Å². The molecule has 0 bridgehead atoms. The second-order valence-electron chi connectivity index (χ2n) is 9.81. The summed E-state index contributed by atoms with van der Waals surface area (Å²) in [6.45, 7) is 0.197. The molecule has 1 fully saturated rings. The minimum absolute atomic E-state index is 0.197. The van der Waals surface area contributed by atoms with Crippen LogP contribution in [0.3, 0.4) is 0 Å². The largest absolute Gasteiger partial charge is 0.489 e. The van der Waals surface area contributed by atoms with Crippen LogP contribution in [0.15, 0.2) is 53.1 Å². The summed E-state index contributed by atoms with van der Waals surface area (Å²) in [5.74, 6) is 0.691. The minimum atomic E-state index is -0.962. The molecule has 0 spiro atoms. The highest BCUT2D eigenvalue weighted by atomic mass is 35.5. The molecule has 194 valence electrons. The Morgan fingerprint density at radius 3 is 2.45 bits per heavy atom. The number of nitrogens with zero attached hydrogens (tertiary/aromatic N) is 1. The Labute approximate surface area is 235 Å². The Balaban J connectivity index is 1.33. The van der Waals surface area contributed by atoms with Crippen molar-refractivity contribution in [1.82, 2.24) is 5.16 Å². The molecule has 2 aliphatic carbocycles. The van der Waals surface area contributed by atoms with Crippen molar-refractivity contribution in [2.24, 2.45) is 0 Å². The predicted molar refractivity (Wildman–Crippen MR) is 149 cm³/mol. The predicted octanol–water partition coefficient (Wildman–Crippen LogP) is 9.00. The summed E-state index contributed by atoms with van der Waals surface area (Å²) in [6.07, 6.45) is 5.98. The monoisotopic (exact) mass is 567 g/mol. The molecule has 5 nitrogen and oxygen atoms in total. The highest BCUT2D eigenvalue weighted by molar-refractivity contribution is 6.39. The van der Waals surface area contributed by atoms with Gasteiger partial charge in [-0.1, -0.05) is 52.1 Å². The van der Waals surface area contributed by atoms with Gasteiger partial charge in [-0.05, 0) is 86.1 Å². The highest BCUT2D eigenvalue weighted by Gasteiger charge is 2.34. The molecule has 3 aromatic carbocycles. The number of benzene rings is 3. The first kappa shape index (κ1) is 25.3. The topological polar surface area (TPSA) is 72.6 Å². The number of aryl methyl sites for hydroxylation is 1. The Kier molecular flexibility index (Phi) is 6.85. The molecule has 1 heterocycles. The molecule has 0 amide bonds. The molecule has 0 aliphatic heterocycles. The Morgan fingerprint density at radius 1 is 0.974 bits per heavy atom. The normalized spacial score (nSPS) is 14.8. The summed E-state index contributed by atoms with van der Waals surface area (Å²) < 4.78 is 11.9. The molecule has 0 saturated heterocycles. The van der Waals surface area contributed by atoms with Crippen LogP contribution in [0, 0.1) is 0 Å². The van der Waals surface area contributed by atoms with Crippen LogP contribution >= 0.6 is 34.8 Å². The fourth-order valence-corrected chi connectivity index (χ4v) is 6.15. The molecule has 1 aromatic heterocycles. The summed E-state index contributed by atoms with van der Waals surface area (Å²) in [7, 11) is 0. The molecule has 0 atom stereocenters. The second-order valence-corrected chi connectivity index (χ2v) is 11.0. The van der Waals surface area contributed by atoms with Crippen molar-refractivity contribution >= 4 is 40.8 Å². The lowest BCUT2D eigenvalue weighted by molar-refractivity contribution is 0.0697. The molecular formula is C30H24Cl3NO4. The van der Waals surface area contributed by atoms with Crippen molar-refractivity contribution in [3.05, 3.63) is 91.6 Å². The summed E-state index contributed by atoms with van der Waals surface area (Å²) in [5.41, 5.74) is 5.94. The maximum absolute atomic E-state index is 12.1. The zero-order valence-corrected chi connectivity index (χ0v) is 22.7. The van der Waals surface area contributed by atoms with Gasteiger partial charge in [-0.2, -0.15) is 0 Å². The van der Waals surface area contributed by atoms with Gasteiger partial charge in [0.05, 0.1) is 26.2 Å². The van der Waals surface area contributed by atoms with Crippen LogP contribution in [0.2, 0.25) is 15.1 Å². The van der Waals surface area contributed by atoms with Gasteiger partial charge >= 0.3 is 5.97 Å². The van der Waals surface area contributed by atoms with Crippen molar-refractivity contribution in [2.45, 2.75) is 51.0 Å². The standard InChI is InChI=1S/C30H24Cl3NO4/c31-23-6-3-7-24(32)27(23)28-22(29(38-34-28)17-8-9-17)15-37-18-11-13-20(25(33)14-18)26-19-5-2-1-4-16(19)10-12-21(26)30(35)36/h3,6-7,10-14,17H,1-2,4-5,8-9,15H2,(H,35,36). The summed E-state index contributed by atoms with van der Waals surface area (Å²) in [5, 5.41) is 15.6. The van der Waals surface area contributed by atoms with Gasteiger partial charge in [0.1, 0.15) is 23.8 Å². The maximum atomic E-state index is 12.1. The van der Waals surface area contributed by atoms with E-state index in [1.807, 2.05) is 18.2 Å². The first-order valence-corrected chi connectivity index (χ1v) is 13.8. The van der Waals surface area contributed by atoms with Crippen molar-refractivity contribution in [3.8, 4) is 28.1 Å². The Bertz CT molecular complexity index is 1540. The van der Waals surface area contributed by atoms with Crippen molar-refractivity contribution in [2.75, 3.05) is 0 Å². The quantitative estimate of drug-likeness (QED) is 0.241. The summed E-state index contributed by atoms with van der Waals surface area (Å²) in [6, 6.07) is 14.3. The van der Waals surface area contributed by atoms with Crippen LogP contribution in [0.1, 0.15) is 64.4 Å². The Hall–Kier alpha value is -2.99. The number of hydrogen-bond acceptors (Lipinski definition) is 4. The number of carboxylic acids is 1. The molecular weight excluding hydrogens is 545 g/mol. The smallest absolute Gasteiger partial charge is 0.336 e. The number of aromatic nitrogens is 1. The van der Waals surface area contributed by atoms with Gasteiger partial charge in [-0.25, -0.2) is 4.79 Å². The first-order valence-electron chi connectivity index (χ1n) is 12.7.